The standard InChI is InChI=1S/C12H12F3NO5/c1-11(20,12(13,14)15)10(19)16-6-3-4-7(9(17)18)8(5-6)21-2/h3-5,20H,1-2H3,(H,16,19)(H,17,18). The Bertz CT molecular complexity index is 569. The van der Waals surface area contributed by atoms with E-state index >= 15 is 0 Å². The van der Waals surface area contributed by atoms with Gasteiger partial charge in [0.25, 0.3) is 5.91 Å². The van der Waals surface area contributed by atoms with E-state index in [1.165, 1.54) is 7.11 Å². The van der Waals surface area contributed by atoms with Gasteiger partial charge in [0, 0.05) is 11.8 Å². The number of alkyl halides is 3. The number of hydrogen-bond donors (Lipinski definition) is 3. The van der Waals surface area contributed by atoms with E-state index in [1.807, 2.05) is 5.32 Å². The van der Waals surface area contributed by atoms with Gasteiger partial charge in [-0.2, -0.15) is 13.2 Å². The fourth-order valence-electron chi connectivity index (χ4n) is 1.33. The van der Waals surface area contributed by atoms with Gasteiger partial charge in [-0.05, 0) is 19.1 Å². The number of nitrogens with one attached hydrogen (secondary N) is 1. The van der Waals surface area contributed by atoms with Crippen molar-refractivity contribution in [3.05, 3.63) is 23.8 Å². The molecular weight excluding hydrogens is 295 g/mol. The van der Waals surface area contributed by atoms with Crippen LogP contribution in [0.15, 0.2) is 18.2 Å². The molecule has 0 bridgehead atoms. The number of rotatable bonds is 4. The fraction of sp³-hybridized carbons (Fsp3) is 0.333. The summed E-state index contributed by atoms with van der Waals surface area (Å²) in [5.41, 5.74) is -3.95. The molecule has 116 valence electrons. The molecule has 0 saturated carbocycles. The van der Waals surface area contributed by atoms with Crippen LogP contribution >= 0.6 is 0 Å². The second-order valence-corrected chi connectivity index (χ2v) is 4.24. The second-order valence-electron chi connectivity index (χ2n) is 4.24. The summed E-state index contributed by atoms with van der Waals surface area (Å²) in [5, 5.41) is 19.9. The van der Waals surface area contributed by atoms with Crippen molar-refractivity contribution in [2.75, 3.05) is 12.4 Å². The van der Waals surface area contributed by atoms with Gasteiger partial charge in [-0.25, -0.2) is 4.79 Å². The highest BCUT2D eigenvalue weighted by atomic mass is 19.4. The van der Waals surface area contributed by atoms with Crippen LogP contribution in [0.25, 0.3) is 0 Å². The van der Waals surface area contributed by atoms with Gasteiger partial charge < -0.3 is 20.3 Å². The number of carbonyl (C=O) groups excluding carboxylic acids is 1. The molecule has 1 rings (SSSR count). The van der Waals surface area contributed by atoms with Crippen LogP contribution in [0.3, 0.4) is 0 Å². The van der Waals surface area contributed by atoms with Crippen LogP contribution in [0.4, 0.5) is 18.9 Å². The summed E-state index contributed by atoms with van der Waals surface area (Å²) in [6.07, 6.45) is -5.15. The first-order valence-electron chi connectivity index (χ1n) is 5.52. The van der Waals surface area contributed by atoms with Crippen molar-refractivity contribution in [1.29, 1.82) is 0 Å². The fourth-order valence-corrected chi connectivity index (χ4v) is 1.33. The molecule has 0 fully saturated rings. The molecule has 0 aliphatic rings. The molecule has 9 heteroatoms. The lowest BCUT2D eigenvalue weighted by Gasteiger charge is -2.25. The van der Waals surface area contributed by atoms with Gasteiger partial charge in [-0.15, -0.1) is 0 Å². The SMILES string of the molecule is COc1cc(NC(=O)C(C)(O)C(F)(F)F)ccc1C(=O)O. The Morgan fingerprint density at radius 2 is 1.86 bits per heavy atom. The predicted octanol–water partition coefficient (Wildman–Crippen LogP) is 1.65. The molecule has 21 heavy (non-hydrogen) atoms. The van der Waals surface area contributed by atoms with Crippen LogP contribution in [0.2, 0.25) is 0 Å². The van der Waals surface area contributed by atoms with E-state index in [0.717, 1.165) is 18.2 Å². The monoisotopic (exact) mass is 307 g/mol. The molecule has 1 amide bonds. The Balaban J connectivity index is 3.05. The lowest BCUT2D eigenvalue weighted by Crippen LogP contribution is -2.52. The maximum absolute atomic E-state index is 12.5. The third-order valence-corrected chi connectivity index (χ3v) is 2.68. The quantitative estimate of drug-likeness (QED) is 0.786. The second kappa shape index (κ2) is 5.60. The zero-order valence-electron chi connectivity index (χ0n) is 11.0. The van der Waals surface area contributed by atoms with Crippen molar-refractivity contribution in [2.24, 2.45) is 0 Å². The summed E-state index contributed by atoms with van der Waals surface area (Å²) in [6.45, 7) is 0.311. The first kappa shape index (κ1) is 16.8. The van der Waals surface area contributed by atoms with Crippen molar-refractivity contribution in [1.82, 2.24) is 0 Å². The lowest BCUT2D eigenvalue weighted by molar-refractivity contribution is -0.242. The van der Waals surface area contributed by atoms with Crippen molar-refractivity contribution >= 4 is 17.6 Å². The minimum atomic E-state index is -5.15. The van der Waals surface area contributed by atoms with E-state index in [2.05, 4.69) is 0 Å². The Hall–Kier alpha value is -2.29. The molecule has 1 unspecified atom stereocenters. The minimum Gasteiger partial charge on any atom is -0.496 e. The summed E-state index contributed by atoms with van der Waals surface area (Å²) in [7, 11) is 1.17. The van der Waals surface area contributed by atoms with Crippen LogP contribution in [0.5, 0.6) is 5.75 Å². The first-order chi connectivity index (χ1) is 9.50. The number of carboxylic acids is 1. The maximum atomic E-state index is 12.5. The number of halogens is 3. The molecule has 1 aromatic carbocycles. The van der Waals surface area contributed by atoms with Crippen molar-refractivity contribution in [3.8, 4) is 5.75 Å². The average molecular weight is 307 g/mol. The molecule has 6 nitrogen and oxygen atoms in total. The number of aliphatic hydroxyl groups is 1. The highest BCUT2D eigenvalue weighted by molar-refractivity contribution is 5.98. The number of aromatic carboxylic acids is 1. The summed E-state index contributed by atoms with van der Waals surface area (Å²) < 4.78 is 42.2. The largest absolute Gasteiger partial charge is 0.496 e. The van der Waals surface area contributed by atoms with Crippen LogP contribution in [-0.2, 0) is 4.79 Å². The van der Waals surface area contributed by atoms with Crippen molar-refractivity contribution in [3.63, 3.8) is 0 Å². The predicted molar refractivity (Wildman–Crippen MR) is 65.3 cm³/mol. The van der Waals surface area contributed by atoms with E-state index in [9.17, 15) is 27.9 Å². The van der Waals surface area contributed by atoms with E-state index < -0.39 is 23.7 Å². The smallest absolute Gasteiger partial charge is 0.426 e. The van der Waals surface area contributed by atoms with E-state index in [-0.39, 0.29) is 17.0 Å². The van der Waals surface area contributed by atoms with Gasteiger partial charge in [-0.3, -0.25) is 4.79 Å². The highest BCUT2D eigenvalue weighted by Gasteiger charge is 2.55. The molecule has 0 saturated heterocycles. The summed E-state index contributed by atoms with van der Waals surface area (Å²) >= 11 is 0. The third-order valence-electron chi connectivity index (χ3n) is 2.68. The van der Waals surface area contributed by atoms with Gasteiger partial charge in [0.15, 0.2) is 0 Å². The molecule has 0 aliphatic carbocycles. The number of carboxylic acid groups (broad SMARTS) is 1. The number of carbonyl (C=O) groups is 2. The molecule has 1 aromatic rings. The number of anilines is 1. The number of methoxy groups -OCH3 is 1. The van der Waals surface area contributed by atoms with Gasteiger partial charge in [-0.1, -0.05) is 0 Å². The molecular formula is C12H12F3NO5. The minimum absolute atomic E-state index is 0.146. The van der Waals surface area contributed by atoms with Crippen LogP contribution in [-0.4, -0.2) is 41.0 Å². The van der Waals surface area contributed by atoms with Crippen molar-refractivity contribution < 1.29 is 37.7 Å². The summed E-state index contributed by atoms with van der Waals surface area (Å²) in [4.78, 5) is 22.3. The van der Waals surface area contributed by atoms with Crippen LogP contribution in [0.1, 0.15) is 17.3 Å². The normalized spacial score (nSPS) is 14.2. The average Bonchev–Trinajstić information content (AvgIpc) is 2.36. The van der Waals surface area contributed by atoms with E-state index in [0.29, 0.717) is 6.92 Å². The van der Waals surface area contributed by atoms with Crippen LogP contribution < -0.4 is 10.1 Å². The maximum Gasteiger partial charge on any atom is 0.426 e. The molecule has 3 N–H and O–H groups in total. The van der Waals surface area contributed by atoms with Crippen molar-refractivity contribution in [2.45, 2.75) is 18.7 Å². The zero-order chi connectivity index (χ0) is 16.4. The molecule has 0 heterocycles. The van der Waals surface area contributed by atoms with Crippen LogP contribution in [0, 0.1) is 0 Å². The third kappa shape index (κ3) is 3.43. The van der Waals surface area contributed by atoms with Gasteiger partial charge in [0.05, 0.1) is 7.11 Å². The Morgan fingerprint density at radius 3 is 2.29 bits per heavy atom. The molecule has 1 atom stereocenters. The Labute approximate surface area is 117 Å². The van der Waals surface area contributed by atoms with Gasteiger partial charge >= 0.3 is 12.1 Å². The Kier molecular flexibility index (Phi) is 4.47. The number of hydrogen-bond acceptors (Lipinski definition) is 4. The summed E-state index contributed by atoms with van der Waals surface area (Å²) in [5.74, 6) is -3.14. The Morgan fingerprint density at radius 1 is 1.29 bits per heavy atom. The van der Waals surface area contributed by atoms with E-state index in [1.54, 1.807) is 0 Å². The first-order valence-corrected chi connectivity index (χ1v) is 5.52. The van der Waals surface area contributed by atoms with E-state index in [4.69, 9.17) is 9.84 Å². The molecule has 0 aromatic heterocycles. The number of ether oxygens (including phenoxy) is 1. The molecule has 0 spiro atoms. The zero-order valence-corrected chi connectivity index (χ0v) is 11.0. The highest BCUT2D eigenvalue weighted by Crippen LogP contribution is 2.31. The topological polar surface area (TPSA) is 95.9 Å². The summed E-state index contributed by atoms with van der Waals surface area (Å²) in [6, 6.07) is 3.17. The number of amides is 1. The molecule has 0 radical (unpaired) electrons. The molecule has 0 aliphatic heterocycles. The number of benzene rings is 1. The lowest BCUT2D eigenvalue weighted by atomic mass is 10.1. The van der Waals surface area contributed by atoms with Gasteiger partial charge in [0.1, 0.15) is 11.3 Å². The van der Waals surface area contributed by atoms with Gasteiger partial charge in [0.2, 0.25) is 5.60 Å².